The molecular formula is C16H12ClNO. The van der Waals surface area contributed by atoms with Crippen LogP contribution in [0.15, 0.2) is 59.5 Å². The molecule has 94 valence electrons. The number of nitrogens with zero attached hydrogens (tertiary/aromatic N) is 1. The van der Waals surface area contributed by atoms with Crippen LogP contribution in [0.25, 0.3) is 21.9 Å². The fourth-order valence-corrected chi connectivity index (χ4v) is 2.29. The van der Waals surface area contributed by atoms with Gasteiger partial charge in [0.05, 0.1) is 0 Å². The molecule has 2 aromatic carbocycles. The molecule has 0 saturated carbocycles. The minimum atomic E-state index is 0.0279. The average molecular weight is 270 g/mol. The van der Waals surface area contributed by atoms with E-state index in [0.29, 0.717) is 0 Å². The lowest BCUT2D eigenvalue weighted by molar-refractivity contribution is 0.873. The lowest BCUT2D eigenvalue weighted by Crippen LogP contribution is -2.15. The zero-order valence-electron chi connectivity index (χ0n) is 10.4. The van der Waals surface area contributed by atoms with Crippen LogP contribution in [0.4, 0.5) is 0 Å². The molecule has 0 N–H and O–H groups in total. The maximum absolute atomic E-state index is 12.0. The molecule has 1 aromatic heterocycles. The van der Waals surface area contributed by atoms with Crippen molar-refractivity contribution in [1.82, 2.24) is 4.57 Å². The SMILES string of the molecule is Cn1ccc2cc(-c3ccc(Cl)cc3)ccc2c1=O. The lowest BCUT2D eigenvalue weighted by atomic mass is 10.0. The summed E-state index contributed by atoms with van der Waals surface area (Å²) in [6.45, 7) is 0. The van der Waals surface area contributed by atoms with Crippen molar-refractivity contribution in [3.05, 3.63) is 70.1 Å². The van der Waals surface area contributed by atoms with Gasteiger partial charge in [-0.2, -0.15) is 0 Å². The Kier molecular flexibility index (Phi) is 2.88. The highest BCUT2D eigenvalue weighted by molar-refractivity contribution is 6.30. The number of fused-ring (bicyclic) bond motifs is 1. The fourth-order valence-electron chi connectivity index (χ4n) is 2.17. The second-order valence-corrected chi connectivity index (χ2v) is 4.98. The topological polar surface area (TPSA) is 22.0 Å². The molecular weight excluding hydrogens is 258 g/mol. The summed E-state index contributed by atoms with van der Waals surface area (Å²) in [5, 5.41) is 2.41. The van der Waals surface area contributed by atoms with Crippen LogP contribution in [0, 0.1) is 0 Å². The Bertz CT molecular complexity index is 803. The smallest absolute Gasteiger partial charge is 0.258 e. The van der Waals surface area contributed by atoms with Crippen molar-refractivity contribution in [2.24, 2.45) is 7.05 Å². The van der Waals surface area contributed by atoms with Gasteiger partial charge in [0.1, 0.15) is 0 Å². The Balaban J connectivity index is 2.20. The van der Waals surface area contributed by atoms with E-state index in [1.807, 2.05) is 48.5 Å². The van der Waals surface area contributed by atoms with E-state index in [0.717, 1.165) is 26.9 Å². The van der Waals surface area contributed by atoms with Crippen molar-refractivity contribution in [1.29, 1.82) is 0 Å². The Hall–Kier alpha value is -2.06. The summed E-state index contributed by atoms with van der Waals surface area (Å²) in [7, 11) is 1.76. The number of hydrogen-bond acceptors (Lipinski definition) is 1. The van der Waals surface area contributed by atoms with Gasteiger partial charge in [-0.05, 0) is 46.8 Å². The first-order chi connectivity index (χ1) is 9.15. The highest BCUT2D eigenvalue weighted by atomic mass is 35.5. The van der Waals surface area contributed by atoms with E-state index >= 15 is 0 Å². The number of aryl methyl sites for hydroxylation is 1. The molecule has 1 heterocycles. The summed E-state index contributed by atoms with van der Waals surface area (Å²) >= 11 is 5.89. The Morgan fingerprint density at radius 3 is 2.37 bits per heavy atom. The number of benzene rings is 2. The van der Waals surface area contributed by atoms with E-state index in [4.69, 9.17) is 11.6 Å². The fraction of sp³-hybridized carbons (Fsp3) is 0.0625. The molecule has 0 unspecified atom stereocenters. The zero-order chi connectivity index (χ0) is 13.4. The first-order valence-electron chi connectivity index (χ1n) is 6.00. The van der Waals surface area contributed by atoms with E-state index < -0.39 is 0 Å². The normalized spacial score (nSPS) is 10.8. The Labute approximate surface area is 115 Å². The molecule has 0 spiro atoms. The van der Waals surface area contributed by atoms with Crippen LogP contribution in [-0.2, 0) is 7.05 Å². The van der Waals surface area contributed by atoms with Gasteiger partial charge < -0.3 is 4.57 Å². The predicted molar refractivity (Wildman–Crippen MR) is 79.6 cm³/mol. The molecule has 0 fully saturated rings. The standard InChI is InChI=1S/C16H12ClNO/c1-18-9-8-13-10-12(4-7-15(13)16(18)19)11-2-5-14(17)6-3-11/h2-10H,1H3. The number of pyridine rings is 1. The van der Waals surface area contributed by atoms with Crippen LogP contribution in [0.5, 0.6) is 0 Å². The van der Waals surface area contributed by atoms with Crippen LogP contribution in [0.1, 0.15) is 0 Å². The first-order valence-corrected chi connectivity index (χ1v) is 6.38. The summed E-state index contributed by atoms with van der Waals surface area (Å²) in [5.41, 5.74) is 2.20. The summed E-state index contributed by atoms with van der Waals surface area (Å²) < 4.78 is 1.59. The van der Waals surface area contributed by atoms with E-state index in [-0.39, 0.29) is 5.56 Å². The molecule has 2 nitrogen and oxygen atoms in total. The van der Waals surface area contributed by atoms with Crippen LogP contribution in [0.2, 0.25) is 5.02 Å². The van der Waals surface area contributed by atoms with Crippen molar-refractivity contribution < 1.29 is 0 Å². The van der Waals surface area contributed by atoms with Gasteiger partial charge >= 0.3 is 0 Å². The number of aromatic nitrogens is 1. The summed E-state index contributed by atoms with van der Waals surface area (Å²) in [5.74, 6) is 0. The zero-order valence-corrected chi connectivity index (χ0v) is 11.2. The van der Waals surface area contributed by atoms with Crippen molar-refractivity contribution >= 4 is 22.4 Å². The minimum Gasteiger partial charge on any atom is -0.318 e. The highest BCUT2D eigenvalue weighted by Crippen LogP contribution is 2.24. The van der Waals surface area contributed by atoms with Gasteiger partial charge in [-0.25, -0.2) is 0 Å². The number of rotatable bonds is 1. The molecule has 0 aliphatic rings. The molecule has 0 radical (unpaired) electrons. The van der Waals surface area contributed by atoms with Gasteiger partial charge in [-0.1, -0.05) is 29.8 Å². The molecule has 19 heavy (non-hydrogen) atoms. The quantitative estimate of drug-likeness (QED) is 0.657. The third-order valence-corrected chi connectivity index (χ3v) is 3.51. The molecule has 0 amide bonds. The van der Waals surface area contributed by atoms with E-state index in [1.165, 1.54) is 0 Å². The Morgan fingerprint density at radius 2 is 1.63 bits per heavy atom. The third kappa shape index (κ3) is 2.15. The monoisotopic (exact) mass is 269 g/mol. The van der Waals surface area contributed by atoms with Crippen molar-refractivity contribution in [3.8, 4) is 11.1 Å². The molecule has 0 bridgehead atoms. The van der Waals surface area contributed by atoms with Gasteiger partial charge in [0, 0.05) is 23.7 Å². The van der Waals surface area contributed by atoms with Gasteiger partial charge in [0.25, 0.3) is 5.56 Å². The van der Waals surface area contributed by atoms with Crippen molar-refractivity contribution in [2.75, 3.05) is 0 Å². The first kappa shape index (κ1) is 12.0. The van der Waals surface area contributed by atoms with E-state index in [2.05, 4.69) is 0 Å². The number of hydrogen-bond donors (Lipinski definition) is 0. The predicted octanol–water partition coefficient (Wildman–Crippen LogP) is 3.86. The van der Waals surface area contributed by atoms with Crippen molar-refractivity contribution in [2.45, 2.75) is 0 Å². The maximum Gasteiger partial charge on any atom is 0.258 e. The van der Waals surface area contributed by atoms with Gasteiger partial charge in [0.15, 0.2) is 0 Å². The molecule has 0 aliphatic heterocycles. The second kappa shape index (κ2) is 4.56. The third-order valence-electron chi connectivity index (χ3n) is 3.26. The summed E-state index contributed by atoms with van der Waals surface area (Å²) in [6, 6.07) is 15.5. The Morgan fingerprint density at radius 1 is 0.947 bits per heavy atom. The second-order valence-electron chi connectivity index (χ2n) is 4.54. The van der Waals surface area contributed by atoms with Crippen LogP contribution >= 0.6 is 11.6 Å². The highest BCUT2D eigenvalue weighted by Gasteiger charge is 2.03. The largest absolute Gasteiger partial charge is 0.318 e. The lowest BCUT2D eigenvalue weighted by Gasteiger charge is -2.05. The van der Waals surface area contributed by atoms with Gasteiger partial charge in [-0.15, -0.1) is 0 Å². The van der Waals surface area contributed by atoms with E-state index in [1.54, 1.807) is 17.8 Å². The van der Waals surface area contributed by atoms with Gasteiger partial charge in [-0.3, -0.25) is 4.79 Å². The van der Waals surface area contributed by atoms with E-state index in [9.17, 15) is 4.79 Å². The molecule has 0 atom stereocenters. The molecule has 0 saturated heterocycles. The van der Waals surface area contributed by atoms with Crippen LogP contribution in [0.3, 0.4) is 0 Å². The average Bonchev–Trinajstić information content (AvgIpc) is 2.43. The minimum absolute atomic E-state index is 0.0279. The summed E-state index contributed by atoms with van der Waals surface area (Å²) in [4.78, 5) is 12.0. The van der Waals surface area contributed by atoms with Crippen LogP contribution in [-0.4, -0.2) is 4.57 Å². The van der Waals surface area contributed by atoms with Gasteiger partial charge in [0.2, 0.25) is 0 Å². The summed E-state index contributed by atoms with van der Waals surface area (Å²) in [6.07, 6.45) is 1.79. The van der Waals surface area contributed by atoms with Crippen molar-refractivity contribution in [3.63, 3.8) is 0 Å². The maximum atomic E-state index is 12.0. The number of halogens is 1. The molecule has 3 aromatic rings. The molecule has 3 heteroatoms. The van der Waals surface area contributed by atoms with Crippen LogP contribution < -0.4 is 5.56 Å². The molecule has 0 aliphatic carbocycles. The molecule has 3 rings (SSSR count).